The van der Waals surface area contributed by atoms with Gasteiger partial charge in [0.2, 0.25) is 0 Å². The third-order valence-corrected chi connectivity index (χ3v) is 3.92. The highest BCUT2D eigenvalue weighted by molar-refractivity contribution is 6.13. The van der Waals surface area contributed by atoms with Gasteiger partial charge >= 0.3 is 5.97 Å². The molecule has 0 heterocycles. The van der Waals surface area contributed by atoms with Crippen LogP contribution in [0.5, 0.6) is 0 Å². The fourth-order valence-corrected chi connectivity index (χ4v) is 2.51. The molecule has 2 rings (SSSR count). The van der Waals surface area contributed by atoms with Crippen LogP contribution in [0.2, 0.25) is 0 Å². The van der Waals surface area contributed by atoms with Crippen molar-refractivity contribution in [2.45, 2.75) is 38.6 Å². The molecular weight excluding hydrogens is 324 g/mol. The van der Waals surface area contributed by atoms with Gasteiger partial charge in [-0.2, -0.15) is 5.26 Å². The number of nitriles is 1. The molecule has 2 aromatic carbocycles. The molecule has 26 heavy (non-hydrogen) atoms. The lowest BCUT2D eigenvalue weighted by Gasteiger charge is -2.14. The smallest absolute Gasteiger partial charge is 0.330 e. The van der Waals surface area contributed by atoms with E-state index in [2.05, 4.69) is 6.07 Å². The number of benzene rings is 2. The van der Waals surface area contributed by atoms with E-state index in [1.54, 1.807) is 0 Å². The van der Waals surface area contributed by atoms with E-state index >= 15 is 0 Å². The normalized spacial score (nSPS) is 11.2. The molecule has 4 heteroatoms. The summed E-state index contributed by atoms with van der Waals surface area (Å²) in [6.45, 7) is 2.43. The minimum Gasteiger partial charge on any atom is -0.464 e. The zero-order chi connectivity index (χ0) is 18.6. The minimum absolute atomic E-state index is 0.258. The lowest BCUT2D eigenvalue weighted by atomic mass is 10.0. The van der Waals surface area contributed by atoms with Crippen LogP contribution in [0.4, 0.5) is 0 Å². The van der Waals surface area contributed by atoms with Gasteiger partial charge in [0.15, 0.2) is 0 Å². The molecule has 0 N–H and O–H groups in total. The van der Waals surface area contributed by atoms with Crippen molar-refractivity contribution in [2.75, 3.05) is 6.61 Å². The largest absolute Gasteiger partial charge is 0.464 e. The SMILES string of the molecule is CCCCOC(=O)C(CCC#N)N=C(c1ccccc1)c1ccccc1. The Kier molecular flexibility index (Phi) is 8.08. The molecule has 2 aromatic rings. The lowest BCUT2D eigenvalue weighted by molar-refractivity contribution is -0.145. The molecule has 0 fully saturated rings. The predicted octanol–water partition coefficient (Wildman–Crippen LogP) is 4.54. The van der Waals surface area contributed by atoms with Gasteiger partial charge in [-0.3, -0.25) is 4.99 Å². The fraction of sp³-hybridized carbons (Fsp3) is 0.318. The molecule has 0 bridgehead atoms. The van der Waals surface area contributed by atoms with Crippen LogP contribution in [0.15, 0.2) is 65.7 Å². The van der Waals surface area contributed by atoms with E-state index in [9.17, 15) is 4.79 Å². The molecule has 0 aliphatic rings. The first-order chi connectivity index (χ1) is 12.8. The Bertz CT molecular complexity index is 707. The Hall–Kier alpha value is -2.93. The van der Waals surface area contributed by atoms with Crippen molar-refractivity contribution in [3.8, 4) is 6.07 Å². The summed E-state index contributed by atoms with van der Waals surface area (Å²) in [5.74, 6) is -0.363. The number of rotatable bonds is 9. The van der Waals surface area contributed by atoms with Gasteiger partial charge < -0.3 is 4.74 Å². The van der Waals surface area contributed by atoms with Gasteiger partial charge in [-0.1, -0.05) is 74.0 Å². The summed E-state index contributed by atoms with van der Waals surface area (Å²) in [5, 5.41) is 8.93. The number of aliphatic imine (C=N–C) groups is 1. The summed E-state index contributed by atoms with van der Waals surface area (Å²) in [7, 11) is 0. The van der Waals surface area contributed by atoms with Crippen LogP contribution in [-0.4, -0.2) is 24.3 Å². The second-order valence-corrected chi connectivity index (χ2v) is 5.94. The van der Waals surface area contributed by atoms with E-state index in [0.29, 0.717) is 13.0 Å². The molecule has 0 spiro atoms. The molecule has 0 saturated carbocycles. The van der Waals surface area contributed by atoms with Crippen LogP contribution in [0.3, 0.4) is 0 Å². The fourth-order valence-electron chi connectivity index (χ4n) is 2.51. The molecule has 4 nitrogen and oxygen atoms in total. The summed E-state index contributed by atoms with van der Waals surface area (Å²) in [4.78, 5) is 17.2. The first-order valence-corrected chi connectivity index (χ1v) is 8.98. The Balaban J connectivity index is 2.36. The van der Waals surface area contributed by atoms with E-state index in [4.69, 9.17) is 15.0 Å². The Labute approximate surface area is 155 Å². The van der Waals surface area contributed by atoms with Crippen molar-refractivity contribution in [1.29, 1.82) is 5.26 Å². The highest BCUT2D eigenvalue weighted by Crippen LogP contribution is 2.15. The first-order valence-electron chi connectivity index (χ1n) is 8.98. The van der Waals surface area contributed by atoms with Crippen molar-refractivity contribution in [1.82, 2.24) is 0 Å². The number of unbranched alkanes of at least 4 members (excludes halogenated alkanes) is 1. The third-order valence-electron chi connectivity index (χ3n) is 3.92. The molecule has 0 radical (unpaired) electrons. The number of esters is 1. The van der Waals surface area contributed by atoms with Gasteiger partial charge in [0.1, 0.15) is 6.04 Å². The summed E-state index contributed by atoms with van der Waals surface area (Å²) in [6, 6.07) is 20.9. The molecule has 0 amide bonds. The van der Waals surface area contributed by atoms with Gasteiger partial charge in [0.25, 0.3) is 0 Å². The van der Waals surface area contributed by atoms with E-state index in [1.165, 1.54) is 0 Å². The molecule has 1 unspecified atom stereocenters. The summed E-state index contributed by atoms with van der Waals surface area (Å²) < 4.78 is 5.36. The maximum absolute atomic E-state index is 12.5. The lowest BCUT2D eigenvalue weighted by Crippen LogP contribution is -2.24. The van der Waals surface area contributed by atoms with Crippen molar-refractivity contribution >= 4 is 11.7 Å². The second-order valence-electron chi connectivity index (χ2n) is 5.94. The monoisotopic (exact) mass is 348 g/mol. The van der Waals surface area contributed by atoms with Gasteiger partial charge in [-0.25, -0.2) is 4.79 Å². The number of carbonyl (C=O) groups excluding carboxylic acids is 1. The van der Waals surface area contributed by atoms with Gasteiger partial charge in [0, 0.05) is 17.5 Å². The van der Waals surface area contributed by atoms with Crippen molar-refractivity contribution < 1.29 is 9.53 Å². The molecule has 0 aromatic heterocycles. The van der Waals surface area contributed by atoms with E-state index < -0.39 is 6.04 Å². The highest BCUT2D eigenvalue weighted by Gasteiger charge is 2.21. The third kappa shape index (κ3) is 5.86. The van der Waals surface area contributed by atoms with Crippen molar-refractivity contribution in [3.05, 3.63) is 71.8 Å². The van der Waals surface area contributed by atoms with Crippen LogP contribution in [0, 0.1) is 11.3 Å². The van der Waals surface area contributed by atoms with Gasteiger partial charge in [-0.05, 0) is 12.8 Å². The Morgan fingerprint density at radius 1 is 1.08 bits per heavy atom. The number of hydrogen-bond donors (Lipinski definition) is 0. The van der Waals surface area contributed by atoms with Crippen LogP contribution < -0.4 is 0 Å². The Morgan fingerprint density at radius 3 is 2.15 bits per heavy atom. The quantitative estimate of drug-likeness (QED) is 0.380. The molecule has 0 saturated heterocycles. The zero-order valence-corrected chi connectivity index (χ0v) is 15.1. The molecule has 0 aliphatic carbocycles. The van der Waals surface area contributed by atoms with Crippen molar-refractivity contribution in [2.24, 2.45) is 4.99 Å². The number of ether oxygens (including phenoxy) is 1. The maximum Gasteiger partial charge on any atom is 0.330 e. The maximum atomic E-state index is 12.5. The van der Waals surface area contributed by atoms with Crippen molar-refractivity contribution in [3.63, 3.8) is 0 Å². The van der Waals surface area contributed by atoms with Crippen LogP contribution in [-0.2, 0) is 9.53 Å². The Morgan fingerprint density at radius 2 is 1.65 bits per heavy atom. The average molecular weight is 348 g/mol. The van der Waals surface area contributed by atoms with E-state index in [-0.39, 0.29) is 12.4 Å². The number of nitrogens with zero attached hydrogens (tertiary/aromatic N) is 2. The molecule has 1 atom stereocenters. The van der Waals surface area contributed by atoms with E-state index in [1.807, 2.05) is 67.6 Å². The minimum atomic E-state index is -0.679. The topological polar surface area (TPSA) is 62.5 Å². The number of carbonyl (C=O) groups is 1. The summed E-state index contributed by atoms with van der Waals surface area (Å²) in [5.41, 5.74) is 2.60. The second kappa shape index (κ2) is 10.8. The van der Waals surface area contributed by atoms with Gasteiger partial charge in [0.05, 0.1) is 18.4 Å². The molecule has 0 aliphatic heterocycles. The molecule has 134 valence electrons. The molecular formula is C22H24N2O2. The van der Waals surface area contributed by atoms with Crippen LogP contribution >= 0.6 is 0 Å². The van der Waals surface area contributed by atoms with Gasteiger partial charge in [-0.15, -0.1) is 0 Å². The van der Waals surface area contributed by atoms with Crippen LogP contribution in [0.25, 0.3) is 0 Å². The number of hydrogen-bond acceptors (Lipinski definition) is 4. The highest BCUT2D eigenvalue weighted by atomic mass is 16.5. The standard InChI is InChI=1S/C22H24N2O2/c1-2-3-17-26-22(25)20(15-10-16-23)24-21(18-11-6-4-7-12-18)19-13-8-5-9-14-19/h4-9,11-14,20H,2-3,10,15,17H2,1H3. The predicted molar refractivity (Wildman–Crippen MR) is 103 cm³/mol. The summed E-state index contributed by atoms with van der Waals surface area (Å²) >= 11 is 0. The van der Waals surface area contributed by atoms with Crippen LogP contribution in [0.1, 0.15) is 43.7 Å². The summed E-state index contributed by atoms with van der Waals surface area (Å²) in [6.07, 6.45) is 2.39. The zero-order valence-electron chi connectivity index (χ0n) is 15.1. The first kappa shape index (κ1) is 19.4. The van der Waals surface area contributed by atoms with E-state index in [0.717, 1.165) is 29.7 Å². The average Bonchev–Trinajstić information content (AvgIpc) is 2.69.